The van der Waals surface area contributed by atoms with Gasteiger partial charge in [0.2, 0.25) is 0 Å². The summed E-state index contributed by atoms with van der Waals surface area (Å²) in [4.78, 5) is 2.34. The van der Waals surface area contributed by atoms with Crippen molar-refractivity contribution < 1.29 is 5.11 Å². The van der Waals surface area contributed by atoms with Gasteiger partial charge < -0.3 is 10.4 Å². The molecular weight excluding hydrogens is 164 g/mol. The second-order valence-electron chi connectivity index (χ2n) is 3.85. The molecule has 3 nitrogen and oxygen atoms in total. The van der Waals surface area contributed by atoms with Gasteiger partial charge in [0.15, 0.2) is 0 Å². The van der Waals surface area contributed by atoms with E-state index in [0.717, 1.165) is 45.6 Å². The van der Waals surface area contributed by atoms with Gasteiger partial charge >= 0.3 is 0 Å². The molecule has 1 rings (SSSR count). The SMILES string of the molecule is CCCNCCN1CCCC(O)C1. The molecule has 1 aliphatic heterocycles. The Kier molecular flexibility index (Phi) is 5.35. The van der Waals surface area contributed by atoms with Crippen molar-refractivity contribution >= 4 is 0 Å². The van der Waals surface area contributed by atoms with Crippen LogP contribution in [0.15, 0.2) is 0 Å². The molecule has 0 amide bonds. The zero-order valence-electron chi connectivity index (χ0n) is 8.63. The molecule has 1 saturated heterocycles. The molecule has 0 aromatic rings. The predicted octanol–water partition coefficient (Wildman–Crippen LogP) is 0.443. The molecule has 3 heteroatoms. The summed E-state index contributed by atoms with van der Waals surface area (Å²) in [7, 11) is 0. The van der Waals surface area contributed by atoms with Crippen molar-refractivity contribution in [2.45, 2.75) is 32.3 Å². The summed E-state index contributed by atoms with van der Waals surface area (Å²) >= 11 is 0. The van der Waals surface area contributed by atoms with Crippen LogP contribution in [0.1, 0.15) is 26.2 Å². The summed E-state index contributed by atoms with van der Waals surface area (Å²) in [6.07, 6.45) is 3.25. The first-order chi connectivity index (χ1) is 6.33. The molecule has 0 aliphatic carbocycles. The Morgan fingerprint density at radius 3 is 3.00 bits per heavy atom. The van der Waals surface area contributed by atoms with Crippen LogP contribution in [0.25, 0.3) is 0 Å². The zero-order valence-corrected chi connectivity index (χ0v) is 8.63. The van der Waals surface area contributed by atoms with Crippen LogP contribution >= 0.6 is 0 Å². The van der Waals surface area contributed by atoms with Crippen LogP contribution in [-0.2, 0) is 0 Å². The lowest BCUT2D eigenvalue weighted by Crippen LogP contribution is -2.41. The second-order valence-corrected chi connectivity index (χ2v) is 3.85. The second kappa shape index (κ2) is 6.35. The van der Waals surface area contributed by atoms with Gasteiger partial charge in [0.25, 0.3) is 0 Å². The van der Waals surface area contributed by atoms with Gasteiger partial charge in [-0.3, -0.25) is 4.90 Å². The Morgan fingerprint density at radius 1 is 1.46 bits per heavy atom. The highest BCUT2D eigenvalue weighted by molar-refractivity contribution is 4.71. The number of rotatable bonds is 5. The van der Waals surface area contributed by atoms with Gasteiger partial charge in [0.1, 0.15) is 0 Å². The van der Waals surface area contributed by atoms with Crippen LogP contribution in [0.3, 0.4) is 0 Å². The maximum atomic E-state index is 9.42. The van der Waals surface area contributed by atoms with Gasteiger partial charge in [0.05, 0.1) is 6.10 Å². The Bertz CT molecular complexity index is 130. The number of nitrogens with one attached hydrogen (secondary N) is 1. The van der Waals surface area contributed by atoms with Crippen LogP contribution in [0.4, 0.5) is 0 Å². The molecule has 1 aliphatic rings. The highest BCUT2D eigenvalue weighted by Crippen LogP contribution is 2.08. The van der Waals surface area contributed by atoms with Crippen molar-refractivity contribution in [3.05, 3.63) is 0 Å². The number of hydrogen-bond donors (Lipinski definition) is 2. The number of aliphatic hydroxyl groups is 1. The summed E-state index contributed by atoms with van der Waals surface area (Å²) in [5, 5.41) is 12.8. The van der Waals surface area contributed by atoms with Crippen LogP contribution < -0.4 is 5.32 Å². The predicted molar refractivity (Wildman–Crippen MR) is 54.8 cm³/mol. The van der Waals surface area contributed by atoms with E-state index in [1.807, 2.05) is 0 Å². The Hall–Kier alpha value is -0.120. The summed E-state index contributed by atoms with van der Waals surface area (Å²) in [5.74, 6) is 0. The number of hydrogen-bond acceptors (Lipinski definition) is 3. The number of piperidine rings is 1. The molecule has 0 spiro atoms. The minimum absolute atomic E-state index is 0.0834. The fraction of sp³-hybridized carbons (Fsp3) is 1.00. The molecule has 1 unspecified atom stereocenters. The number of nitrogens with zero attached hydrogens (tertiary/aromatic N) is 1. The van der Waals surface area contributed by atoms with Crippen molar-refractivity contribution in [1.29, 1.82) is 0 Å². The maximum Gasteiger partial charge on any atom is 0.0667 e. The summed E-state index contributed by atoms with van der Waals surface area (Å²) < 4.78 is 0. The standard InChI is InChI=1S/C10H22N2O/c1-2-5-11-6-8-12-7-3-4-10(13)9-12/h10-11,13H,2-9H2,1H3. The normalized spacial score (nSPS) is 24.9. The Balaban J connectivity index is 2.00. The lowest BCUT2D eigenvalue weighted by Gasteiger charge is -2.29. The minimum atomic E-state index is -0.0834. The summed E-state index contributed by atoms with van der Waals surface area (Å²) in [6, 6.07) is 0. The number of likely N-dealkylation sites (tertiary alicyclic amines) is 1. The Morgan fingerprint density at radius 2 is 2.31 bits per heavy atom. The largest absolute Gasteiger partial charge is 0.392 e. The molecule has 13 heavy (non-hydrogen) atoms. The van der Waals surface area contributed by atoms with Gasteiger partial charge in [-0.05, 0) is 32.4 Å². The average Bonchev–Trinajstić information content (AvgIpc) is 2.13. The molecule has 0 saturated carbocycles. The molecule has 78 valence electrons. The third-order valence-corrected chi connectivity index (χ3v) is 2.51. The van der Waals surface area contributed by atoms with Crippen molar-refractivity contribution in [3.8, 4) is 0 Å². The van der Waals surface area contributed by atoms with Crippen molar-refractivity contribution in [2.24, 2.45) is 0 Å². The number of β-amino-alcohol motifs (C(OH)–C–C–N with tert-alkyl or cyclic N) is 1. The van der Waals surface area contributed by atoms with Crippen molar-refractivity contribution in [2.75, 3.05) is 32.7 Å². The first kappa shape index (κ1) is 11.0. The maximum absolute atomic E-state index is 9.42. The molecular formula is C10H22N2O. The van der Waals surface area contributed by atoms with Gasteiger partial charge in [-0.15, -0.1) is 0 Å². The Labute approximate surface area is 81.1 Å². The van der Waals surface area contributed by atoms with Crippen LogP contribution in [0, 0.1) is 0 Å². The smallest absolute Gasteiger partial charge is 0.0667 e. The molecule has 1 heterocycles. The van der Waals surface area contributed by atoms with E-state index in [0.29, 0.717) is 0 Å². The highest BCUT2D eigenvalue weighted by Gasteiger charge is 2.16. The number of aliphatic hydroxyl groups excluding tert-OH is 1. The minimum Gasteiger partial charge on any atom is -0.392 e. The summed E-state index contributed by atoms with van der Waals surface area (Å²) in [5.41, 5.74) is 0. The molecule has 0 bridgehead atoms. The fourth-order valence-corrected chi connectivity index (χ4v) is 1.77. The van der Waals surface area contributed by atoms with E-state index >= 15 is 0 Å². The van der Waals surface area contributed by atoms with E-state index in [9.17, 15) is 5.11 Å². The first-order valence-electron chi connectivity index (χ1n) is 5.44. The third kappa shape index (κ3) is 4.60. The van der Waals surface area contributed by atoms with Crippen LogP contribution in [0.2, 0.25) is 0 Å². The van der Waals surface area contributed by atoms with E-state index in [4.69, 9.17) is 0 Å². The first-order valence-corrected chi connectivity index (χ1v) is 5.44. The van der Waals surface area contributed by atoms with E-state index in [2.05, 4.69) is 17.1 Å². The van der Waals surface area contributed by atoms with E-state index in [-0.39, 0.29) is 6.10 Å². The lowest BCUT2D eigenvalue weighted by atomic mass is 10.1. The third-order valence-electron chi connectivity index (χ3n) is 2.51. The zero-order chi connectivity index (χ0) is 9.52. The van der Waals surface area contributed by atoms with E-state index in [1.54, 1.807) is 0 Å². The highest BCUT2D eigenvalue weighted by atomic mass is 16.3. The molecule has 2 N–H and O–H groups in total. The topological polar surface area (TPSA) is 35.5 Å². The molecule has 1 atom stereocenters. The van der Waals surface area contributed by atoms with Crippen LogP contribution in [-0.4, -0.2) is 48.8 Å². The molecule has 0 aromatic carbocycles. The average molecular weight is 186 g/mol. The quantitative estimate of drug-likeness (QED) is 0.612. The van der Waals surface area contributed by atoms with E-state index in [1.165, 1.54) is 6.42 Å². The van der Waals surface area contributed by atoms with E-state index < -0.39 is 0 Å². The monoisotopic (exact) mass is 186 g/mol. The van der Waals surface area contributed by atoms with Crippen molar-refractivity contribution in [1.82, 2.24) is 10.2 Å². The van der Waals surface area contributed by atoms with Gasteiger partial charge in [-0.25, -0.2) is 0 Å². The van der Waals surface area contributed by atoms with Crippen molar-refractivity contribution in [3.63, 3.8) is 0 Å². The molecule has 0 aromatic heterocycles. The van der Waals surface area contributed by atoms with Crippen LogP contribution in [0.5, 0.6) is 0 Å². The summed E-state index contributed by atoms with van der Waals surface area (Å²) in [6.45, 7) is 7.45. The fourth-order valence-electron chi connectivity index (χ4n) is 1.77. The molecule has 0 radical (unpaired) electrons. The van der Waals surface area contributed by atoms with Gasteiger partial charge in [-0.2, -0.15) is 0 Å². The lowest BCUT2D eigenvalue weighted by molar-refractivity contribution is 0.0713. The van der Waals surface area contributed by atoms with Gasteiger partial charge in [0, 0.05) is 19.6 Å². The van der Waals surface area contributed by atoms with Gasteiger partial charge in [-0.1, -0.05) is 6.92 Å². The molecule has 1 fully saturated rings.